The molecule has 2 saturated heterocycles. The number of carbonyl (C=O) groups excluding carboxylic acids is 2. The zero-order chi connectivity index (χ0) is 25.6. The van der Waals surface area contributed by atoms with Crippen molar-refractivity contribution in [3.05, 3.63) is 41.3 Å². The van der Waals surface area contributed by atoms with Crippen molar-refractivity contribution in [3.63, 3.8) is 0 Å². The largest absolute Gasteiger partial charge is 0.350 e. The molecule has 2 amide bonds. The van der Waals surface area contributed by atoms with E-state index < -0.39 is 26.8 Å². The van der Waals surface area contributed by atoms with Crippen molar-refractivity contribution in [2.24, 2.45) is 0 Å². The van der Waals surface area contributed by atoms with Crippen LogP contribution in [0.25, 0.3) is 10.4 Å². The number of thiophene rings is 1. The van der Waals surface area contributed by atoms with Gasteiger partial charge in [0.05, 0.1) is 12.2 Å². The van der Waals surface area contributed by atoms with Crippen LogP contribution in [0.1, 0.15) is 69.6 Å². The first-order valence-electron chi connectivity index (χ1n) is 12.6. The minimum absolute atomic E-state index is 0.0411. The summed E-state index contributed by atoms with van der Waals surface area (Å²) in [6.07, 6.45) is 4.83. The monoisotopic (exact) mass is 534 g/mol. The molecular weight excluding hydrogens is 500 g/mol. The Morgan fingerprint density at radius 3 is 2.75 bits per heavy atom. The number of hydrogen-bond acceptors (Lipinski definition) is 7. The lowest BCUT2D eigenvalue weighted by Gasteiger charge is -2.35. The van der Waals surface area contributed by atoms with Gasteiger partial charge in [0.2, 0.25) is 11.8 Å². The van der Waals surface area contributed by atoms with E-state index in [2.05, 4.69) is 10.8 Å². The molecule has 4 rings (SSSR count). The van der Waals surface area contributed by atoms with Crippen LogP contribution in [-0.4, -0.2) is 38.9 Å². The predicted octanol–water partition coefficient (Wildman–Crippen LogP) is 4.91. The lowest BCUT2D eigenvalue weighted by atomic mass is 9.94. The van der Waals surface area contributed by atoms with Gasteiger partial charge in [-0.2, -0.15) is 0 Å². The van der Waals surface area contributed by atoms with Gasteiger partial charge in [-0.1, -0.05) is 25.5 Å². The molecule has 1 aromatic carbocycles. The molecule has 0 bridgehead atoms. The van der Waals surface area contributed by atoms with Crippen molar-refractivity contribution in [3.8, 4) is 10.4 Å². The van der Waals surface area contributed by atoms with E-state index in [4.69, 9.17) is 9.57 Å². The predicted molar refractivity (Wildman–Crippen MR) is 140 cm³/mol. The van der Waals surface area contributed by atoms with Gasteiger partial charge in [-0.15, -0.1) is 11.3 Å². The van der Waals surface area contributed by atoms with Crippen LogP contribution >= 0.6 is 11.3 Å². The highest BCUT2D eigenvalue weighted by Gasteiger charge is 2.49. The zero-order valence-corrected chi connectivity index (χ0v) is 22.2. The van der Waals surface area contributed by atoms with Crippen LogP contribution < -0.4 is 10.8 Å². The highest BCUT2D eigenvalue weighted by atomic mass is 32.2. The zero-order valence-electron chi connectivity index (χ0n) is 20.6. The summed E-state index contributed by atoms with van der Waals surface area (Å²) in [7, 11) is -3.57. The smallest absolute Gasteiger partial charge is 0.245 e. The van der Waals surface area contributed by atoms with Crippen LogP contribution in [0.5, 0.6) is 0 Å². The molecular formula is C26H34N2O6S2. The Bertz CT molecular complexity index is 1170. The molecule has 0 radical (unpaired) electrons. The Balaban J connectivity index is 1.55. The summed E-state index contributed by atoms with van der Waals surface area (Å²) in [4.78, 5) is 31.9. The maximum Gasteiger partial charge on any atom is 0.245 e. The first-order valence-corrected chi connectivity index (χ1v) is 15.1. The minimum Gasteiger partial charge on any atom is -0.350 e. The van der Waals surface area contributed by atoms with Crippen molar-refractivity contribution in [1.29, 1.82) is 0 Å². The van der Waals surface area contributed by atoms with Gasteiger partial charge < -0.3 is 10.1 Å². The minimum atomic E-state index is -3.57. The molecule has 3 heterocycles. The van der Waals surface area contributed by atoms with E-state index in [1.807, 2.05) is 43.3 Å². The number of benzene rings is 1. The first kappa shape index (κ1) is 26.8. The molecule has 2 N–H and O–H groups in total. The van der Waals surface area contributed by atoms with Gasteiger partial charge in [-0.3, -0.25) is 9.59 Å². The van der Waals surface area contributed by atoms with Crippen molar-refractivity contribution < 1.29 is 27.6 Å². The number of ether oxygens (including phenoxy) is 1. The summed E-state index contributed by atoms with van der Waals surface area (Å²) in [5.74, 6) is -0.454. The van der Waals surface area contributed by atoms with E-state index in [1.54, 1.807) is 0 Å². The van der Waals surface area contributed by atoms with E-state index in [1.165, 1.54) is 11.3 Å². The van der Waals surface area contributed by atoms with E-state index in [0.29, 0.717) is 42.9 Å². The molecule has 2 aliphatic heterocycles. The molecule has 0 aliphatic carbocycles. The Morgan fingerprint density at radius 1 is 1.14 bits per heavy atom. The van der Waals surface area contributed by atoms with E-state index in [-0.39, 0.29) is 18.1 Å². The van der Waals surface area contributed by atoms with Crippen molar-refractivity contribution in [1.82, 2.24) is 5.48 Å². The number of amides is 2. The molecule has 0 saturated carbocycles. The SMILES string of the molecule is CCCC(=O)Nc1cccc(-c2ccc([C@@]3(CC(=O)NOC4CCCCO4)CCCCS3(=O)=O)s2)c1. The number of hydroxylamine groups is 1. The van der Waals surface area contributed by atoms with E-state index >= 15 is 0 Å². The van der Waals surface area contributed by atoms with Crippen molar-refractivity contribution in [2.45, 2.75) is 75.7 Å². The fourth-order valence-corrected chi connectivity index (χ4v) is 8.56. The number of hydrogen-bond donors (Lipinski definition) is 2. The van der Waals surface area contributed by atoms with Gasteiger partial charge in [-0.05, 0) is 61.9 Å². The second-order valence-corrected chi connectivity index (χ2v) is 12.9. The first-order chi connectivity index (χ1) is 17.3. The third-order valence-electron chi connectivity index (χ3n) is 6.69. The number of carbonyl (C=O) groups is 2. The highest BCUT2D eigenvalue weighted by molar-refractivity contribution is 7.92. The topological polar surface area (TPSA) is 111 Å². The summed E-state index contributed by atoms with van der Waals surface area (Å²) < 4.78 is 31.1. The molecule has 0 spiro atoms. The quantitative estimate of drug-likeness (QED) is 0.442. The third kappa shape index (κ3) is 6.16. The van der Waals surface area contributed by atoms with E-state index in [9.17, 15) is 18.0 Å². The number of rotatable bonds is 9. The molecule has 2 atom stereocenters. The maximum atomic E-state index is 13.4. The Morgan fingerprint density at radius 2 is 2.00 bits per heavy atom. The molecule has 1 aromatic heterocycles. The molecule has 2 aliphatic rings. The summed E-state index contributed by atoms with van der Waals surface area (Å²) in [5.41, 5.74) is 4.02. The highest BCUT2D eigenvalue weighted by Crippen LogP contribution is 2.47. The summed E-state index contributed by atoms with van der Waals surface area (Å²) in [5, 5.41) is 2.90. The van der Waals surface area contributed by atoms with Crippen LogP contribution in [0.15, 0.2) is 36.4 Å². The fourth-order valence-electron chi connectivity index (χ4n) is 4.79. The molecule has 8 nitrogen and oxygen atoms in total. The van der Waals surface area contributed by atoms with Gasteiger partial charge in [0, 0.05) is 34.9 Å². The number of nitrogens with one attached hydrogen (secondary N) is 2. The average molecular weight is 535 g/mol. The fraction of sp³-hybridized carbons (Fsp3) is 0.538. The van der Waals surface area contributed by atoms with Crippen LogP contribution in [0.3, 0.4) is 0 Å². The average Bonchev–Trinajstić information content (AvgIpc) is 3.36. The van der Waals surface area contributed by atoms with Crippen LogP contribution in [0, 0.1) is 0 Å². The summed E-state index contributed by atoms with van der Waals surface area (Å²) in [6, 6.07) is 11.2. The van der Waals surface area contributed by atoms with Crippen LogP contribution in [-0.2, 0) is 33.7 Å². The lowest BCUT2D eigenvalue weighted by molar-refractivity contribution is -0.200. The molecule has 2 fully saturated rings. The molecule has 36 heavy (non-hydrogen) atoms. The second-order valence-electron chi connectivity index (χ2n) is 9.43. The van der Waals surface area contributed by atoms with Gasteiger partial charge in [0.1, 0.15) is 4.75 Å². The van der Waals surface area contributed by atoms with E-state index in [0.717, 1.165) is 36.1 Å². The summed E-state index contributed by atoms with van der Waals surface area (Å²) in [6.45, 7) is 2.54. The maximum absolute atomic E-state index is 13.4. The van der Waals surface area contributed by atoms with Crippen LogP contribution in [0.4, 0.5) is 5.69 Å². The Kier molecular flexibility index (Phi) is 8.82. The number of anilines is 1. The van der Waals surface area contributed by atoms with Crippen LogP contribution in [0.2, 0.25) is 0 Å². The van der Waals surface area contributed by atoms with Gasteiger partial charge in [0.15, 0.2) is 16.1 Å². The molecule has 1 unspecified atom stereocenters. The Labute approximate surface area is 216 Å². The van der Waals surface area contributed by atoms with Gasteiger partial charge >= 0.3 is 0 Å². The normalized spacial score (nSPS) is 23.6. The molecule has 10 heteroatoms. The number of sulfone groups is 1. The molecule has 2 aromatic rings. The summed E-state index contributed by atoms with van der Waals surface area (Å²) >= 11 is 1.38. The second kappa shape index (κ2) is 11.9. The molecule has 196 valence electrons. The lowest BCUT2D eigenvalue weighted by Crippen LogP contribution is -2.45. The third-order valence-corrected chi connectivity index (χ3v) is 10.7. The van der Waals surface area contributed by atoms with Crippen molar-refractivity contribution in [2.75, 3.05) is 17.7 Å². The van der Waals surface area contributed by atoms with Gasteiger partial charge in [0.25, 0.3) is 0 Å². The standard InChI is InChI=1S/C26H34N2O6S2/c1-2-8-23(29)27-20-10-7-9-19(17-20)21-12-13-22(35-21)26(14-4-6-16-36(26,31)32)18-24(30)28-34-25-11-3-5-15-33-25/h7,9-10,12-13,17,25H,2-6,8,11,14-16,18H2,1H3,(H,27,29)(H,28,30)/t25?,26-/m0/s1. The van der Waals surface area contributed by atoms with Gasteiger partial charge in [-0.25, -0.2) is 18.7 Å². The van der Waals surface area contributed by atoms with Crippen molar-refractivity contribution >= 4 is 38.7 Å². The Hall–Kier alpha value is -2.27.